The first-order chi connectivity index (χ1) is 18.2. The third kappa shape index (κ3) is 4.61. The summed E-state index contributed by atoms with van der Waals surface area (Å²) in [7, 11) is 0. The molecule has 0 spiro atoms. The number of nitrogens with zero attached hydrogens (tertiary/aromatic N) is 1. The molecule has 188 valence electrons. The van der Waals surface area contributed by atoms with Gasteiger partial charge in [-0.25, -0.2) is 0 Å². The molecule has 2 heteroatoms. The summed E-state index contributed by atoms with van der Waals surface area (Å²) in [6.07, 6.45) is 7.02. The van der Waals surface area contributed by atoms with Gasteiger partial charge in [0.2, 0.25) is 0 Å². The van der Waals surface area contributed by atoms with Crippen molar-refractivity contribution < 1.29 is 1.37 Å². The zero-order valence-corrected chi connectivity index (χ0v) is 23.5. The molecule has 0 atom stereocenters. The Morgan fingerprint density at radius 1 is 0.973 bits per heavy atom. The molecule has 6 rings (SSSR count). The van der Waals surface area contributed by atoms with Gasteiger partial charge in [-0.1, -0.05) is 70.2 Å². The smallest absolute Gasteiger partial charge is 0.0880 e. The van der Waals surface area contributed by atoms with Gasteiger partial charge < -0.3 is 0 Å². The Morgan fingerprint density at radius 3 is 2.51 bits per heavy atom. The fourth-order valence-corrected chi connectivity index (χ4v) is 7.31. The van der Waals surface area contributed by atoms with E-state index in [1.54, 1.807) is 11.3 Å². The predicted molar refractivity (Wildman–Crippen MR) is 162 cm³/mol. The van der Waals surface area contributed by atoms with Gasteiger partial charge in [0.25, 0.3) is 0 Å². The maximum absolute atomic E-state index is 9.13. The number of pyridine rings is 1. The fourth-order valence-electron chi connectivity index (χ4n) is 6.11. The third-order valence-corrected chi connectivity index (χ3v) is 9.60. The Hall–Kier alpha value is -2.97. The zero-order chi connectivity index (χ0) is 26.6. The minimum Gasteiger partial charge on any atom is -0.255 e. The minimum absolute atomic E-state index is 0.418. The molecular weight excluding hydrogens is 466 g/mol. The number of benzene rings is 3. The second-order valence-electron chi connectivity index (χ2n) is 12.0. The Kier molecular flexibility index (Phi) is 5.89. The molecule has 3 aromatic carbocycles. The number of fused-ring (bicyclic) bond motifs is 2. The summed E-state index contributed by atoms with van der Waals surface area (Å²) in [5.74, 6) is 1.08. The summed E-state index contributed by atoms with van der Waals surface area (Å²) in [5.41, 5.74) is 7.87. The molecule has 2 heterocycles. The summed E-state index contributed by atoms with van der Waals surface area (Å²) >= 11 is 1.72. The summed E-state index contributed by atoms with van der Waals surface area (Å²) in [4.78, 5) is 5.92. The standard InChI is InChI=1S/C35H37NS/c1-22(2)31-20-28(19-26-8-6-7-9-30(26)31)33-34-27(14-17-36-33)21-32(37-34)29-11-10-25(18-23(29)3)24-12-15-35(4,5)16-13-24/h6-11,14,17-22,24H,12-13,15-16H2,1-5H3/i21D. The van der Waals surface area contributed by atoms with Crippen molar-refractivity contribution in [3.8, 4) is 21.7 Å². The van der Waals surface area contributed by atoms with E-state index in [9.17, 15) is 0 Å². The molecule has 0 bridgehead atoms. The number of hydrogen-bond donors (Lipinski definition) is 0. The van der Waals surface area contributed by atoms with Crippen LogP contribution in [0, 0.1) is 12.3 Å². The van der Waals surface area contributed by atoms with Crippen molar-refractivity contribution in [2.24, 2.45) is 5.41 Å². The van der Waals surface area contributed by atoms with Crippen LogP contribution in [-0.2, 0) is 0 Å². The van der Waals surface area contributed by atoms with Crippen LogP contribution in [0.15, 0.2) is 72.9 Å². The maximum atomic E-state index is 9.13. The predicted octanol–water partition coefficient (Wildman–Crippen LogP) is 10.9. The molecule has 37 heavy (non-hydrogen) atoms. The van der Waals surface area contributed by atoms with E-state index in [4.69, 9.17) is 6.35 Å². The van der Waals surface area contributed by atoms with E-state index in [1.165, 1.54) is 58.7 Å². The number of rotatable bonds is 4. The van der Waals surface area contributed by atoms with Crippen molar-refractivity contribution in [1.82, 2.24) is 4.98 Å². The first-order valence-electron chi connectivity index (χ1n) is 14.2. The van der Waals surface area contributed by atoms with Gasteiger partial charge in [-0.3, -0.25) is 4.98 Å². The third-order valence-electron chi connectivity index (χ3n) is 8.45. The van der Waals surface area contributed by atoms with Gasteiger partial charge in [0, 0.05) is 16.6 Å². The summed E-state index contributed by atoms with van der Waals surface area (Å²) < 4.78 is 10.2. The largest absolute Gasteiger partial charge is 0.255 e. The molecule has 5 aromatic rings. The highest BCUT2D eigenvalue weighted by Gasteiger charge is 2.27. The van der Waals surface area contributed by atoms with Crippen molar-refractivity contribution in [1.29, 1.82) is 0 Å². The lowest BCUT2D eigenvalue weighted by Gasteiger charge is -2.34. The SMILES string of the molecule is [2H]c1c(-c2ccc(C3CCC(C)(C)CC3)cc2C)sc2c(-c3cc(C(C)C)c4ccccc4c3)nccc12. The summed E-state index contributed by atoms with van der Waals surface area (Å²) in [5, 5.41) is 3.55. The van der Waals surface area contributed by atoms with E-state index in [2.05, 4.69) is 89.2 Å². The van der Waals surface area contributed by atoms with Crippen LogP contribution in [0.5, 0.6) is 0 Å². The molecule has 2 aromatic heterocycles. The van der Waals surface area contributed by atoms with Gasteiger partial charge in [-0.2, -0.15) is 0 Å². The Labute approximate surface area is 227 Å². The highest BCUT2D eigenvalue weighted by atomic mass is 32.1. The zero-order valence-electron chi connectivity index (χ0n) is 23.7. The van der Waals surface area contributed by atoms with Gasteiger partial charge in [0.15, 0.2) is 0 Å². The van der Waals surface area contributed by atoms with Gasteiger partial charge in [-0.05, 0) is 113 Å². The molecule has 0 radical (unpaired) electrons. The van der Waals surface area contributed by atoms with E-state index in [-0.39, 0.29) is 0 Å². The fraction of sp³-hybridized carbons (Fsp3) is 0.343. The monoisotopic (exact) mass is 504 g/mol. The van der Waals surface area contributed by atoms with Gasteiger partial charge in [-0.15, -0.1) is 11.3 Å². The molecule has 1 aliphatic carbocycles. The van der Waals surface area contributed by atoms with E-state index in [1.807, 2.05) is 12.3 Å². The quantitative estimate of drug-likeness (QED) is 0.237. The average molecular weight is 505 g/mol. The average Bonchev–Trinajstić information content (AvgIpc) is 3.24. The molecule has 1 aliphatic rings. The lowest BCUT2D eigenvalue weighted by molar-refractivity contribution is 0.224. The Balaban J connectivity index is 1.43. The molecule has 1 fully saturated rings. The Morgan fingerprint density at radius 2 is 1.76 bits per heavy atom. The molecule has 0 unspecified atom stereocenters. The van der Waals surface area contributed by atoms with Crippen LogP contribution in [0.4, 0.5) is 0 Å². The van der Waals surface area contributed by atoms with Crippen molar-refractivity contribution >= 4 is 32.2 Å². The van der Waals surface area contributed by atoms with Crippen molar-refractivity contribution in [3.05, 3.63) is 89.6 Å². The number of aromatic nitrogens is 1. The number of hydrogen-bond acceptors (Lipinski definition) is 2. The normalized spacial score (nSPS) is 16.5. The van der Waals surface area contributed by atoms with Crippen molar-refractivity contribution in [2.75, 3.05) is 0 Å². The molecule has 1 nitrogen and oxygen atoms in total. The van der Waals surface area contributed by atoms with Gasteiger partial charge in [0.05, 0.1) is 11.8 Å². The topological polar surface area (TPSA) is 12.9 Å². The van der Waals surface area contributed by atoms with Crippen LogP contribution in [-0.4, -0.2) is 4.98 Å². The Bertz CT molecular complexity index is 1650. The van der Waals surface area contributed by atoms with E-state index in [0.29, 0.717) is 23.3 Å². The second kappa shape index (κ2) is 9.40. The van der Waals surface area contributed by atoms with Crippen LogP contribution in [0.3, 0.4) is 0 Å². The van der Waals surface area contributed by atoms with E-state index in [0.717, 1.165) is 26.2 Å². The number of aryl methyl sites for hydroxylation is 1. The molecule has 0 amide bonds. The van der Waals surface area contributed by atoms with Crippen LogP contribution in [0.2, 0.25) is 0 Å². The van der Waals surface area contributed by atoms with Crippen LogP contribution in [0.25, 0.3) is 42.6 Å². The second-order valence-corrected chi connectivity index (χ2v) is 13.1. The summed E-state index contributed by atoms with van der Waals surface area (Å²) in [6, 6.07) is 22.8. The summed E-state index contributed by atoms with van der Waals surface area (Å²) in [6.45, 7) is 11.5. The lowest BCUT2D eigenvalue weighted by Crippen LogP contribution is -2.20. The molecule has 1 saturated carbocycles. The molecule has 0 saturated heterocycles. The molecule has 0 N–H and O–H groups in total. The van der Waals surface area contributed by atoms with E-state index < -0.39 is 0 Å². The highest BCUT2D eigenvalue weighted by molar-refractivity contribution is 7.22. The minimum atomic E-state index is 0.418. The molecule has 0 aliphatic heterocycles. The van der Waals surface area contributed by atoms with Gasteiger partial charge >= 0.3 is 0 Å². The maximum Gasteiger partial charge on any atom is 0.0880 e. The van der Waals surface area contributed by atoms with Crippen LogP contribution >= 0.6 is 11.3 Å². The first kappa shape index (κ1) is 23.2. The van der Waals surface area contributed by atoms with Crippen molar-refractivity contribution in [2.45, 2.75) is 72.1 Å². The van der Waals surface area contributed by atoms with Crippen LogP contribution < -0.4 is 0 Å². The van der Waals surface area contributed by atoms with Crippen LogP contribution in [0.1, 0.15) is 83.3 Å². The molecular formula is C35H37NS. The number of thiophene rings is 1. The van der Waals surface area contributed by atoms with Crippen molar-refractivity contribution in [3.63, 3.8) is 0 Å². The van der Waals surface area contributed by atoms with E-state index >= 15 is 0 Å². The lowest BCUT2D eigenvalue weighted by atomic mass is 9.71. The first-order valence-corrected chi connectivity index (χ1v) is 14.6. The highest BCUT2D eigenvalue weighted by Crippen LogP contribution is 2.44. The van der Waals surface area contributed by atoms with Gasteiger partial charge in [0.1, 0.15) is 0 Å².